The smallest absolute Gasteiger partial charge is 0.244 e. The second kappa shape index (κ2) is 6.89. The molecule has 6 nitrogen and oxygen atoms in total. The van der Waals surface area contributed by atoms with E-state index in [2.05, 4.69) is 21.8 Å². The van der Waals surface area contributed by atoms with Crippen molar-refractivity contribution in [3.05, 3.63) is 11.4 Å². The van der Waals surface area contributed by atoms with Crippen LogP contribution in [0.3, 0.4) is 0 Å². The van der Waals surface area contributed by atoms with Crippen molar-refractivity contribution in [2.45, 2.75) is 57.4 Å². The lowest BCUT2D eigenvalue weighted by Crippen LogP contribution is -2.28. The van der Waals surface area contributed by atoms with Gasteiger partial charge in [-0.2, -0.15) is 5.10 Å². The number of aromatic nitrogens is 2. The molecule has 21 heavy (non-hydrogen) atoms. The molecule has 0 radical (unpaired) electrons. The van der Waals surface area contributed by atoms with Crippen molar-refractivity contribution >= 4 is 10.0 Å². The molecule has 120 valence electrons. The molecule has 4 N–H and O–H groups in total. The van der Waals surface area contributed by atoms with Gasteiger partial charge in [-0.3, -0.25) is 5.10 Å². The molecule has 0 spiro atoms. The predicted octanol–water partition coefficient (Wildman–Crippen LogP) is 1.67. The highest BCUT2D eigenvalue weighted by Gasteiger charge is 2.24. The molecule has 1 heterocycles. The molecule has 0 aliphatic heterocycles. The van der Waals surface area contributed by atoms with Gasteiger partial charge in [0, 0.05) is 13.1 Å². The van der Waals surface area contributed by atoms with Crippen LogP contribution in [0.5, 0.6) is 0 Å². The summed E-state index contributed by atoms with van der Waals surface area (Å²) in [6.45, 7) is 4.57. The second-order valence-electron chi connectivity index (χ2n) is 6.15. The average Bonchev–Trinajstić information content (AvgIpc) is 2.80. The van der Waals surface area contributed by atoms with E-state index < -0.39 is 10.0 Å². The van der Waals surface area contributed by atoms with E-state index in [1.54, 1.807) is 6.92 Å². The van der Waals surface area contributed by atoms with E-state index in [1.807, 2.05) is 0 Å². The summed E-state index contributed by atoms with van der Waals surface area (Å²) in [7, 11) is -3.53. The molecule has 0 bridgehead atoms. The Morgan fingerprint density at radius 2 is 2.19 bits per heavy atom. The number of sulfonamides is 1. The second-order valence-corrected chi connectivity index (χ2v) is 7.86. The highest BCUT2D eigenvalue weighted by molar-refractivity contribution is 7.89. The van der Waals surface area contributed by atoms with E-state index in [9.17, 15) is 8.42 Å². The standard InChI is InChI=1S/C14H26N4O2S/c1-10-4-3-5-12(8-10)6-7-16-21(19,20)14-11(2)17-18-13(14)9-15/h10,12,16H,3-9,15H2,1-2H3,(H,17,18). The van der Waals surface area contributed by atoms with Gasteiger partial charge >= 0.3 is 0 Å². The molecule has 0 saturated heterocycles. The third-order valence-corrected chi connectivity index (χ3v) is 5.98. The number of hydrogen-bond acceptors (Lipinski definition) is 4. The Balaban J connectivity index is 1.94. The van der Waals surface area contributed by atoms with Crippen LogP contribution < -0.4 is 10.5 Å². The molecule has 1 aromatic heterocycles. The number of aryl methyl sites for hydroxylation is 1. The van der Waals surface area contributed by atoms with Gasteiger partial charge in [-0.25, -0.2) is 13.1 Å². The van der Waals surface area contributed by atoms with Crippen molar-refractivity contribution in [3.8, 4) is 0 Å². The lowest BCUT2D eigenvalue weighted by molar-refractivity contribution is 0.271. The van der Waals surface area contributed by atoms with Crippen molar-refractivity contribution in [2.75, 3.05) is 6.54 Å². The Kier molecular flexibility index (Phi) is 5.40. The fourth-order valence-electron chi connectivity index (χ4n) is 3.26. The van der Waals surface area contributed by atoms with Crippen LogP contribution in [-0.4, -0.2) is 25.2 Å². The molecule has 2 unspecified atom stereocenters. The lowest BCUT2D eigenvalue weighted by atomic mass is 9.81. The normalized spacial score (nSPS) is 23.4. The number of hydrogen-bond donors (Lipinski definition) is 3. The molecule has 0 aromatic carbocycles. The van der Waals surface area contributed by atoms with Crippen LogP contribution >= 0.6 is 0 Å². The van der Waals surface area contributed by atoms with Gasteiger partial charge in [0.1, 0.15) is 4.90 Å². The zero-order valence-corrected chi connectivity index (χ0v) is 13.7. The summed E-state index contributed by atoms with van der Waals surface area (Å²) in [4.78, 5) is 0.210. The lowest BCUT2D eigenvalue weighted by Gasteiger charge is -2.26. The minimum atomic E-state index is -3.53. The minimum absolute atomic E-state index is 0.112. The molecule has 2 atom stereocenters. The topological polar surface area (TPSA) is 101 Å². The van der Waals surface area contributed by atoms with Crippen LogP contribution in [-0.2, 0) is 16.6 Å². The van der Waals surface area contributed by atoms with E-state index in [0.29, 0.717) is 23.9 Å². The molecule has 1 aliphatic carbocycles. The van der Waals surface area contributed by atoms with E-state index >= 15 is 0 Å². The van der Waals surface area contributed by atoms with Gasteiger partial charge in [-0.1, -0.05) is 26.2 Å². The van der Waals surface area contributed by atoms with Crippen molar-refractivity contribution in [1.82, 2.24) is 14.9 Å². The minimum Gasteiger partial charge on any atom is -0.325 e. The quantitative estimate of drug-likeness (QED) is 0.743. The van der Waals surface area contributed by atoms with Crippen LogP contribution in [0.25, 0.3) is 0 Å². The number of nitrogens with one attached hydrogen (secondary N) is 2. The first-order valence-corrected chi connectivity index (χ1v) is 9.16. The molecule has 1 aliphatic rings. The summed E-state index contributed by atoms with van der Waals surface area (Å²) in [5.74, 6) is 1.40. The average molecular weight is 314 g/mol. The molecular weight excluding hydrogens is 288 g/mol. The summed E-state index contributed by atoms with van der Waals surface area (Å²) in [6, 6.07) is 0. The number of rotatable bonds is 6. The van der Waals surface area contributed by atoms with Crippen LogP contribution in [0.1, 0.15) is 50.4 Å². The Hall–Kier alpha value is -0.920. The zero-order valence-electron chi connectivity index (χ0n) is 12.9. The first-order chi connectivity index (χ1) is 9.94. The van der Waals surface area contributed by atoms with Gasteiger partial charge in [0.15, 0.2) is 0 Å². The van der Waals surface area contributed by atoms with E-state index in [1.165, 1.54) is 25.7 Å². The molecule has 1 fully saturated rings. The molecule has 1 saturated carbocycles. The van der Waals surface area contributed by atoms with E-state index in [0.717, 1.165) is 12.3 Å². The van der Waals surface area contributed by atoms with Crippen LogP contribution in [0.4, 0.5) is 0 Å². The van der Waals surface area contributed by atoms with Gasteiger partial charge < -0.3 is 5.73 Å². The maximum absolute atomic E-state index is 12.4. The fraction of sp³-hybridized carbons (Fsp3) is 0.786. The van der Waals surface area contributed by atoms with Crippen LogP contribution in [0, 0.1) is 18.8 Å². The molecule has 1 aromatic rings. The van der Waals surface area contributed by atoms with Gasteiger partial charge in [0.05, 0.1) is 11.4 Å². The van der Waals surface area contributed by atoms with Crippen molar-refractivity contribution in [2.24, 2.45) is 17.6 Å². The molecular formula is C14H26N4O2S. The first kappa shape index (κ1) is 16.5. The van der Waals surface area contributed by atoms with Crippen molar-refractivity contribution in [3.63, 3.8) is 0 Å². The van der Waals surface area contributed by atoms with Gasteiger partial charge in [0.2, 0.25) is 10.0 Å². The third kappa shape index (κ3) is 4.05. The zero-order chi connectivity index (χ0) is 15.5. The monoisotopic (exact) mass is 314 g/mol. The molecule has 7 heteroatoms. The van der Waals surface area contributed by atoms with Gasteiger partial charge in [0.25, 0.3) is 0 Å². The Morgan fingerprint density at radius 1 is 1.43 bits per heavy atom. The summed E-state index contributed by atoms with van der Waals surface area (Å²) >= 11 is 0. The van der Waals surface area contributed by atoms with E-state index in [-0.39, 0.29) is 11.4 Å². The maximum atomic E-state index is 12.4. The highest BCUT2D eigenvalue weighted by Crippen LogP contribution is 2.30. The van der Waals surface area contributed by atoms with Crippen molar-refractivity contribution in [1.29, 1.82) is 0 Å². The van der Waals surface area contributed by atoms with Gasteiger partial charge in [-0.05, 0) is 31.6 Å². The van der Waals surface area contributed by atoms with Crippen molar-refractivity contribution < 1.29 is 8.42 Å². The van der Waals surface area contributed by atoms with Gasteiger partial charge in [-0.15, -0.1) is 0 Å². The Labute approximate surface area is 126 Å². The Morgan fingerprint density at radius 3 is 2.86 bits per heavy atom. The predicted molar refractivity (Wildman–Crippen MR) is 82.1 cm³/mol. The first-order valence-electron chi connectivity index (χ1n) is 7.67. The largest absolute Gasteiger partial charge is 0.325 e. The third-order valence-electron chi connectivity index (χ3n) is 4.31. The summed E-state index contributed by atoms with van der Waals surface area (Å²) in [5.41, 5.74) is 6.48. The van der Waals surface area contributed by atoms with Crippen LogP contribution in [0.2, 0.25) is 0 Å². The molecule has 0 amide bonds. The maximum Gasteiger partial charge on any atom is 0.244 e. The Bertz CT molecular complexity index is 568. The molecule has 2 rings (SSSR count). The summed E-state index contributed by atoms with van der Waals surface area (Å²) in [6.07, 6.45) is 5.89. The van der Waals surface area contributed by atoms with Crippen LogP contribution in [0.15, 0.2) is 4.90 Å². The highest BCUT2D eigenvalue weighted by atomic mass is 32.2. The SMILES string of the molecule is Cc1[nH]nc(CN)c1S(=O)(=O)NCCC1CCCC(C)C1. The summed E-state index contributed by atoms with van der Waals surface area (Å²) < 4.78 is 27.4. The number of H-pyrrole nitrogens is 1. The number of nitrogens with zero attached hydrogens (tertiary/aromatic N) is 1. The van der Waals surface area contributed by atoms with E-state index in [4.69, 9.17) is 5.73 Å². The summed E-state index contributed by atoms with van der Waals surface area (Å²) in [5, 5.41) is 6.63. The number of nitrogens with two attached hydrogens (primary N) is 1. The fourth-order valence-corrected chi connectivity index (χ4v) is 4.67. The number of aromatic amines is 1.